The molecule has 0 bridgehead atoms. The van der Waals surface area contributed by atoms with Crippen LogP contribution in [0.1, 0.15) is 45.1 Å². The summed E-state index contributed by atoms with van der Waals surface area (Å²) in [6.07, 6.45) is 7.94. The molecule has 19 heavy (non-hydrogen) atoms. The average molecular weight is 261 g/mol. The average Bonchev–Trinajstić information content (AvgIpc) is 2.39. The lowest BCUT2D eigenvalue weighted by molar-refractivity contribution is 0.222. The maximum absolute atomic E-state index is 5.70. The third-order valence-corrected chi connectivity index (χ3v) is 4.47. The van der Waals surface area contributed by atoms with Crippen molar-refractivity contribution in [2.45, 2.75) is 52.0 Å². The number of pyridine rings is 1. The molecule has 1 aliphatic rings. The van der Waals surface area contributed by atoms with Crippen LogP contribution in [0, 0.1) is 5.41 Å². The van der Waals surface area contributed by atoms with Crippen LogP contribution < -0.4 is 10.6 Å². The summed E-state index contributed by atoms with van der Waals surface area (Å²) in [7, 11) is 2.19. The summed E-state index contributed by atoms with van der Waals surface area (Å²) in [5, 5.41) is 0. The van der Waals surface area contributed by atoms with E-state index in [0.29, 0.717) is 18.0 Å². The summed E-state index contributed by atoms with van der Waals surface area (Å²) in [5.74, 6) is 1.12. The minimum Gasteiger partial charge on any atom is -0.356 e. The van der Waals surface area contributed by atoms with Crippen LogP contribution in [-0.2, 0) is 6.42 Å². The predicted octanol–water partition coefficient (Wildman–Crippen LogP) is 2.99. The Bertz CT molecular complexity index is 404. The van der Waals surface area contributed by atoms with Gasteiger partial charge in [0.05, 0.1) is 0 Å². The van der Waals surface area contributed by atoms with E-state index < -0.39 is 0 Å². The van der Waals surface area contributed by atoms with Gasteiger partial charge in [-0.05, 0) is 55.7 Å². The van der Waals surface area contributed by atoms with Crippen LogP contribution in [-0.4, -0.2) is 24.6 Å². The van der Waals surface area contributed by atoms with Crippen molar-refractivity contribution in [3.63, 3.8) is 0 Å². The van der Waals surface area contributed by atoms with Gasteiger partial charge in [-0.3, -0.25) is 0 Å². The van der Waals surface area contributed by atoms with E-state index in [1.165, 1.54) is 31.2 Å². The van der Waals surface area contributed by atoms with Gasteiger partial charge in [-0.2, -0.15) is 0 Å². The van der Waals surface area contributed by atoms with Gasteiger partial charge in [0, 0.05) is 19.3 Å². The normalized spacial score (nSPS) is 19.4. The topological polar surface area (TPSA) is 42.2 Å². The summed E-state index contributed by atoms with van der Waals surface area (Å²) in [4.78, 5) is 6.95. The van der Waals surface area contributed by atoms with Crippen LogP contribution in [0.25, 0.3) is 0 Å². The van der Waals surface area contributed by atoms with E-state index in [4.69, 9.17) is 5.73 Å². The van der Waals surface area contributed by atoms with E-state index in [0.717, 1.165) is 12.2 Å². The quantitative estimate of drug-likeness (QED) is 0.906. The Balaban J connectivity index is 2.09. The molecule has 1 saturated carbocycles. The monoisotopic (exact) mass is 261 g/mol. The molecule has 3 heteroatoms. The Morgan fingerprint density at radius 2 is 2.05 bits per heavy atom. The van der Waals surface area contributed by atoms with Gasteiger partial charge in [0.15, 0.2) is 0 Å². The van der Waals surface area contributed by atoms with E-state index in [2.05, 4.69) is 36.8 Å². The largest absolute Gasteiger partial charge is 0.356 e. The molecule has 1 aromatic heterocycles. The van der Waals surface area contributed by atoms with Crippen molar-refractivity contribution in [2.75, 3.05) is 18.5 Å². The maximum atomic E-state index is 5.70. The summed E-state index contributed by atoms with van der Waals surface area (Å²) < 4.78 is 0. The lowest BCUT2D eigenvalue weighted by Crippen LogP contribution is -2.38. The molecule has 1 aliphatic carbocycles. The molecule has 0 radical (unpaired) electrons. The highest BCUT2D eigenvalue weighted by Gasteiger charge is 2.29. The van der Waals surface area contributed by atoms with Gasteiger partial charge in [-0.1, -0.05) is 19.9 Å². The molecule has 1 heterocycles. The zero-order valence-corrected chi connectivity index (χ0v) is 12.5. The summed E-state index contributed by atoms with van der Waals surface area (Å²) >= 11 is 0. The van der Waals surface area contributed by atoms with Gasteiger partial charge in [-0.25, -0.2) is 4.98 Å². The molecule has 106 valence electrons. The first-order valence-corrected chi connectivity index (χ1v) is 7.40. The second kappa shape index (κ2) is 5.91. The highest BCUT2D eigenvalue weighted by Crippen LogP contribution is 2.37. The number of hydrogen-bond donors (Lipinski definition) is 1. The van der Waals surface area contributed by atoms with Crippen LogP contribution in [0.5, 0.6) is 0 Å². The second-order valence-corrected chi connectivity index (χ2v) is 6.53. The summed E-state index contributed by atoms with van der Waals surface area (Å²) in [6, 6.07) is 4.78. The van der Waals surface area contributed by atoms with E-state index in [1.54, 1.807) is 0 Å². The van der Waals surface area contributed by atoms with E-state index in [-0.39, 0.29) is 0 Å². The number of anilines is 1. The lowest BCUT2D eigenvalue weighted by atomic mass is 9.75. The van der Waals surface area contributed by atoms with Crippen LogP contribution in [0.2, 0.25) is 0 Å². The lowest BCUT2D eigenvalue weighted by Gasteiger charge is -2.39. The molecule has 0 spiro atoms. The first kappa shape index (κ1) is 14.3. The van der Waals surface area contributed by atoms with Gasteiger partial charge in [0.1, 0.15) is 5.82 Å². The van der Waals surface area contributed by atoms with E-state index in [1.807, 2.05) is 12.3 Å². The number of nitrogens with zero attached hydrogens (tertiary/aromatic N) is 2. The van der Waals surface area contributed by atoms with Crippen LogP contribution >= 0.6 is 0 Å². The van der Waals surface area contributed by atoms with Crippen LogP contribution in [0.15, 0.2) is 18.3 Å². The van der Waals surface area contributed by atoms with Crippen molar-refractivity contribution >= 4 is 5.82 Å². The minimum absolute atomic E-state index is 0.515. The fourth-order valence-electron chi connectivity index (χ4n) is 3.04. The van der Waals surface area contributed by atoms with E-state index in [9.17, 15) is 0 Å². The second-order valence-electron chi connectivity index (χ2n) is 6.53. The number of hydrogen-bond acceptors (Lipinski definition) is 3. The van der Waals surface area contributed by atoms with Gasteiger partial charge in [0.2, 0.25) is 0 Å². The smallest absolute Gasteiger partial charge is 0.131 e. The molecule has 0 amide bonds. The Morgan fingerprint density at radius 3 is 2.68 bits per heavy atom. The predicted molar refractivity (Wildman–Crippen MR) is 81.4 cm³/mol. The zero-order chi connectivity index (χ0) is 13.9. The van der Waals surface area contributed by atoms with Crippen molar-refractivity contribution in [3.05, 3.63) is 23.9 Å². The van der Waals surface area contributed by atoms with E-state index >= 15 is 0 Å². The number of aromatic nitrogens is 1. The Kier molecular flexibility index (Phi) is 4.46. The van der Waals surface area contributed by atoms with Crippen molar-refractivity contribution in [1.29, 1.82) is 0 Å². The molecule has 0 atom stereocenters. The van der Waals surface area contributed by atoms with Crippen molar-refractivity contribution in [3.8, 4) is 0 Å². The molecule has 0 aliphatic heterocycles. The van der Waals surface area contributed by atoms with Crippen LogP contribution in [0.4, 0.5) is 5.82 Å². The number of nitrogens with two attached hydrogens (primary N) is 1. The van der Waals surface area contributed by atoms with Crippen molar-refractivity contribution < 1.29 is 0 Å². The molecule has 2 N–H and O–H groups in total. The minimum atomic E-state index is 0.515. The molecular formula is C16H27N3. The standard InChI is InChI=1S/C16H27N3/c1-16(2)9-6-14(7-10-16)19(3)15-13(8-11-17)5-4-12-18-15/h4-5,12,14H,6-11,17H2,1-3H3. The summed E-state index contributed by atoms with van der Waals surface area (Å²) in [6.45, 7) is 5.44. The Labute approximate surface area is 117 Å². The molecule has 1 fully saturated rings. The fourth-order valence-corrected chi connectivity index (χ4v) is 3.04. The van der Waals surface area contributed by atoms with Gasteiger partial charge in [0.25, 0.3) is 0 Å². The third-order valence-electron chi connectivity index (χ3n) is 4.47. The molecule has 0 saturated heterocycles. The molecular weight excluding hydrogens is 234 g/mol. The van der Waals surface area contributed by atoms with Gasteiger partial charge < -0.3 is 10.6 Å². The Hall–Kier alpha value is -1.09. The van der Waals surface area contributed by atoms with Crippen molar-refractivity contribution in [1.82, 2.24) is 4.98 Å². The molecule has 0 aromatic carbocycles. The fraction of sp³-hybridized carbons (Fsp3) is 0.688. The number of rotatable bonds is 4. The summed E-state index contributed by atoms with van der Waals surface area (Å²) in [5.41, 5.74) is 7.49. The highest BCUT2D eigenvalue weighted by molar-refractivity contribution is 5.47. The Morgan fingerprint density at radius 1 is 1.37 bits per heavy atom. The van der Waals surface area contributed by atoms with Crippen molar-refractivity contribution in [2.24, 2.45) is 11.1 Å². The van der Waals surface area contributed by atoms with Gasteiger partial charge >= 0.3 is 0 Å². The SMILES string of the molecule is CN(c1ncccc1CCN)C1CCC(C)(C)CC1. The highest BCUT2D eigenvalue weighted by atomic mass is 15.2. The van der Waals surface area contributed by atoms with Gasteiger partial charge in [-0.15, -0.1) is 0 Å². The molecule has 3 nitrogen and oxygen atoms in total. The molecule has 1 aromatic rings. The van der Waals surface area contributed by atoms with Crippen LogP contribution in [0.3, 0.4) is 0 Å². The first-order chi connectivity index (χ1) is 9.03. The molecule has 0 unspecified atom stereocenters. The first-order valence-electron chi connectivity index (χ1n) is 7.40. The third kappa shape index (κ3) is 3.47. The zero-order valence-electron chi connectivity index (χ0n) is 12.5. The molecule has 2 rings (SSSR count). The maximum Gasteiger partial charge on any atom is 0.131 e.